The van der Waals surface area contributed by atoms with Crippen LogP contribution in [0.25, 0.3) is 6.08 Å². The Morgan fingerprint density at radius 3 is 2.24 bits per heavy atom. The Morgan fingerprint density at radius 1 is 1.00 bits per heavy atom. The second-order valence-electron chi connectivity index (χ2n) is 7.61. The molecule has 29 heavy (non-hydrogen) atoms. The maximum absolute atomic E-state index is 12.7. The number of carbonyl (C=O) groups excluding carboxylic acids is 2. The fourth-order valence-corrected chi connectivity index (χ4v) is 2.78. The highest BCUT2D eigenvalue weighted by molar-refractivity contribution is 6.05. The quantitative estimate of drug-likeness (QED) is 0.505. The van der Waals surface area contributed by atoms with E-state index in [-0.39, 0.29) is 17.5 Å². The normalized spacial score (nSPS) is 11.6. The average Bonchev–Trinajstić information content (AvgIpc) is 2.71. The van der Waals surface area contributed by atoms with Crippen molar-refractivity contribution in [2.24, 2.45) is 0 Å². The Bertz CT molecular complexity index is 825. The van der Waals surface area contributed by atoms with E-state index in [1.54, 1.807) is 30.3 Å². The van der Waals surface area contributed by atoms with Gasteiger partial charge in [0.1, 0.15) is 5.70 Å². The van der Waals surface area contributed by atoms with Crippen molar-refractivity contribution >= 4 is 17.9 Å². The van der Waals surface area contributed by atoms with Gasteiger partial charge in [-0.1, -0.05) is 56.3 Å². The highest BCUT2D eigenvalue weighted by atomic mass is 16.2. The van der Waals surface area contributed by atoms with E-state index in [4.69, 9.17) is 0 Å². The number of rotatable bonds is 9. The molecule has 2 aromatic rings. The first-order valence-electron chi connectivity index (χ1n) is 9.98. The molecule has 0 aliphatic rings. The topological polar surface area (TPSA) is 61.4 Å². The van der Waals surface area contributed by atoms with E-state index in [0.29, 0.717) is 18.0 Å². The lowest BCUT2D eigenvalue weighted by Gasteiger charge is -2.13. The molecule has 0 saturated carbocycles. The second-order valence-corrected chi connectivity index (χ2v) is 7.61. The summed E-state index contributed by atoms with van der Waals surface area (Å²) in [6, 6.07) is 16.9. The Balaban J connectivity index is 2.17. The van der Waals surface area contributed by atoms with Gasteiger partial charge in [-0.25, -0.2) is 0 Å². The first kappa shape index (κ1) is 22.4. The van der Waals surface area contributed by atoms with E-state index in [9.17, 15) is 9.59 Å². The van der Waals surface area contributed by atoms with Gasteiger partial charge < -0.3 is 15.5 Å². The Hall–Kier alpha value is -2.92. The van der Waals surface area contributed by atoms with Gasteiger partial charge in [-0.15, -0.1) is 0 Å². The van der Waals surface area contributed by atoms with Crippen molar-refractivity contribution in [3.05, 3.63) is 77.0 Å². The number of hydrogen-bond donors (Lipinski definition) is 2. The molecule has 5 nitrogen and oxygen atoms in total. The van der Waals surface area contributed by atoms with E-state index >= 15 is 0 Å². The molecule has 5 heteroatoms. The van der Waals surface area contributed by atoms with Gasteiger partial charge in [0, 0.05) is 12.1 Å². The van der Waals surface area contributed by atoms with Gasteiger partial charge in [-0.2, -0.15) is 0 Å². The Morgan fingerprint density at radius 2 is 1.66 bits per heavy atom. The van der Waals surface area contributed by atoms with Crippen LogP contribution in [-0.2, 0) is 4.79 Å². The van der Waals surface area contributed by atoms with Gasteiger partial charge in [0.15, 0.2) is 0 Å². The van der Waals surface area contributed by atoms with Gasteiger partial charge >= 0.3 is 0 Å². The van der Waals surface area contributed by atoms with Crippen molar-refractivity contribution in [2.45, 2.75) is 26.2 Å². The zero-order valence-corrected chi connectivity index (χ0v) is 17.7. The summed E-state index contributed by atoms with van der Waals surface area (Å²) < 4.78 is 0. The maximum atomic E-state index is 12.7. The molecule has 0 unspecified atom stereocenters. The summed E-state index contributed by atoms with van der Waals surface area (Å²) in [5.41, 5.74) is 2.83. The number of hydrogen-bond acceptors (Lipinski definition) is 3. The molecule has 0 saturated heterocycles. The van der Waals surface area contributed by atoms with Gasteiger partial charge in [0.05, 0.1) is 0 Å². The minimum Gasteiger partial charge on any atom is -0.351 e. The van der Waals surface area contributed by atoms with Crippen LogP contribution in [0.4, 0.5) is 0 Å². The average molecular weight is 394 g/mol. The molecule has 0 bridgehead atoms. The molecule has 0 atom stereocenters. The zero-order valence-electron chi connectivity index (χ0n) is 17.7. The summed E-state index contributed by atoms with van der Waals surface area (Å²) in [4.78, 5) is 27.4. The highest BCUT2D eigenvalue weighted by Gasteiger charge is 2.14. The maximum Gasteiger partial charge on any atom is 0.267 e. The van der Waals surface area contributed by atoms with Crippen LogP contribution in [0.1, 0.15) is 47.7 Å². The summed E-state index contributed by atoms with van der Waals surface area (Å²) in [6.45, 7) is 5.70. The molecule has 0 heterocycles. The van der Waals surface area contributed by atoms with Crippen molar-refractivity contribution < 1.29 is 9.59 Å². The molecular weight excluding hydrogens is 362 g/mol. The summed E-state index contributed by atoms with van der Waals surface area (Å²) >= 11 is 0. The molecule has 0 aliphatic carbocycles. The van der Waals surface area contributed by atoms with Crippen LogP contribution in [0.3, 0.4) is 0 Å². The van der Waals surface area contributed by atoms with E-state index in [1.807, 2.05) is 44.4 Å². The zero-order chi connectivity index (χ0) is 21.2. The van der Waals surface area contributed by atoms with Crippen molar-refractivity contribution in [1.29, 1.82) is 0 Å². The molecule has 0 radical (unpaired) electrons. The number of nitrogens with zero attached hydrogens (tertiary/aromatic N) is 1. The first-order chi connectivity index (χ1) is 13.9. The predicted octanol–water partition coefficient (Wildman–Crippen LogP) is 3.65. The van der Waals surface area contributed by atoms with Crippen molar-refractivity contribution in [1.82, 2.24) is 15.5 Å². The smallest absolute Gasteiger partial charge is 0.267 e. The molecule has 0 spiro atoms. The van der Waals surface area contributed by atoms with E-state index < -0.39 is 0 Å². The van der Waals surface area contributed by atoms with Crippen LogP contribution in [0, 0.1) is 0 Å². The summed E-state index contributed by atoms with van der Waals surface area (Å²) in [7, 11) is 3.99. The van der Waals surface area contributed by atoms with Gasteiger partial charge in [-0.3, -0.25) is 9.59 Å². The van der Waals surface area contributed by atoms with Crippen molar-refractivity contribution in [3.8, 4) is 0 Å². The first-order valence-corrected chi connectivity index (χ1v) is 9.98. The predicted molar refractivity (Wildman–Crippen MR) is 119 cm³/mol. The van der Waals surface area contributed by atoms with Crippen LogP contribution < -0.4 is 10.6 Å². The minimum atomic E-state index is -0.306. The van der Waals surface area contributed by atoms with Gasteiger partial charge in [0.2, 0.25) is 0 Å². The second kappa shape index (κ2) is 11.2. The molecule has 0 fully saturated rings. The van der Waals surface area contributed by atoms with E-state index in [0.717, 1.165) is 18.5 Å². The highest BCUT2D eigenvalue weighted by Crippen LogP contribution is 2.16. The van der Waals surface area contributed by atoms with Crippen LogP contribution >= 0.6 is 0 Å². The van der Waals surface area contributed by atoms with Crippen LogP contribution in [-0.4, -0.2) is 43.9 Å². The molecule has 2 amide bonds. The van der Waals surface area contributed by atoms with E-state index in [2.05, 4.69) is 29.4 Å². The third-order valence-corrected chi connectivity index (χ3v) is 4.51. The lowest BCUT2D eigenvalue weighted by molar-refractivity contribution is -0.117. The third-order valence-electron chi connectivity index (χ3n) is 4.51. The van der Waals surface area contributed by atoms with Crippen LogP contribution in [0.15, 0.2) is 60.3 Å². The van der Waals surface area contributed by atoms with Gasteiger partial charge in [0.25, 0.3) is 11.8 Å². The van der Waals surface area contributed by atoms with Crippen LogP contribution in [0.2, 0.25) is 0 Å². The monoisotopic (exact) mass is 393 g/mol. The lowest BCUT2D eigenvalue weighted by Crippen LogP contribution is -2.36. The molecule has 0 aromatic heterocycles. The number of carbonyl (C=O) groups is 2. The van der Waals surface area contributed by atoms with Gasteiger partial charge in [-0.05, 0) is 62.3 Å². The molecule has 154 valence electrons. The van der Waals surface area contributed by atoms with E-state index in [1.165, 1.54) is 5.56 Å². The van der Waals surface area contributed by atoms with Crippen molar-refractivity contribution in [2.75, 3.05) is 27.2 Å². The SMILES string of the molecule is CC(C)c1ccc(/C=C(\NC(=O)c2ccccc2)C(=O)NCCCN(C)C)cc1. The standard InChI is InChI=1S/C24H31N3O2/c1-18(2)20-13-11-19(12-14-20)17-22(24(29)25-15-8-16-27(3)4)26-23(28)21-9-6-5-7-10-21/h5-7,9-14,17-18H,8,15-16H2,1-4H3,(H,25,29)(H,26,28)/b22-17-. The minimum absolute atomic E-state index is 0.237. The van der Waals surface area contributed by atoms with Crippen LogP contribution in [0.5, 0.6) is 0 Å². The molecule has 2 aromatic carbocycles. The molecule has 2 N–H and O–H groups in total. The molecule has 2 rings (SSSR count). The fraction of sp³-hybridized carbons (Fsp3) is 0.333. The summed E-state index contributed by atoms with van der Waals surface area (Å²) in [6.07, 6.45) is 2.55. The Kier molecular flexibility index (Phi) is 8.62. The van der Waals surface area contributed by atoms with Crippen molar-refractivity contribution in [3.63, 3.8) is 0 Å². The summed E-state index contributed by atoms with van der Waals surface area (Å²) in [5.74, 6) is -0.162. The largest absolute Gasteiger partial charge is 0.351 e. The third kappa shape index (κ3) is 7.54. The summed E-state index contributed by atoms with van der Waals surface area (Å²) in [5, 5.41) is 5.66. The number of nitrogens with one attached hydrogen (secondary N) is 2. The number of benzene rings is 2. The lowest BCUT2D eigenvalue weighted by atomic mass is 10.0. The molecule has 0 aliphatic heterocycles. The fourth-order valence-electron chi connectivity index (χ4n) is 2.78. The molecular formula is C24H31N3O2. The number of amides is 2. The Labute approximate surface area is 173 Å².